The molecular formula is C13H16FNO4. The molecule has 0 amide bonds. The average molecular weight is 269 g/mol. The van der Waals surface area contributed by atoms with E-state index in [2.05, 4.69) is 4.90 Å². The lowest BCUT2D eigenvalue weighted by Crippen LogP contribution is -2.18. The third kappa shape index (κ3) is 5.48. The van der Waals surface area contributed by atoms with Gasteiger partial charge in [-0.2, -0.15) is 0 Å². The van der Waals surface area contributed by atoms with E-state index < -0.39 is 11.9 Å². The molecule has 104 valence electrons. The van der Waals surface area contributed by atoms with Gasteiger partial charge in [0.2, 0.25) is 0 Å². The second-order valence-electron chi connectivity index (χ2n) is 4.18. The van der Waals surface area contributed by atoms with Crippen LogP contribution in [0.5, 0.6) is 0 Å². The summed E-state index contributed by atoms with van der Waals surface area (Å²) in [5, 5.41) is 14.8. The van der Waals surface area contributed by atoms with Gasteiger partial charge in [-0.25, -0.2) is 14.0 Å². The Balaban J connectivity index is 0.000000258. The normalized spacial score (nSPS) is 14.6. The lowest BCUT2D eigenvalue weighted by Gasteiger charge is -2.14. The van der Waals surface area contributed by atoms with Crippen molar-refractivity contribution < 1.29 is 24.2 Å². The number of aliphatic carboxylic acids is 2. The van der Waals surface area contributed by atoms with E-state index in [1.54, 1.807) is 6.07 Å². The van der Waals surface area contributed by atoms with E-state index in [0.29, 0.717) is 0 Å². The largest absolute Gasteiger partial charge is 0.473 e. The molecule has 2 N–H and O–H groups in total. The molecule has 0 bridgehead atoms. The zero-order valence-corrected chi connectivity index (χ0v) is 10.4. The summed E-state index contributed by atoms with van der Waals surface area (Å²) in [4.78, 5) is 20.5. The van der Waals surface area contributed by atoms with Crippen LogP contribution in [0.25, 0.3) is 0 Å². The zero-order chi connectivity index (χ0) is 14.3. The van der Waals surface area contributed by atoms with Crippen LogP contribution >= 0.6 is 0 Å². The summed E-state index contributed by atoms with van der Waals surface area (Å²) in [5.74, 6) is -3.72. The highest BCUT2D eigenvalue weighted by molar-refractivity contribution is 6.27. The molecule has 0 saturated carbocycles. The van der Waals surface area contributed by atoms with Crippen LogP contribution in [-0.2, 0) is 16.1 Å². The molecule has 0 unspecified atom stereocenters. The standard InChI is InChI=1S/C11H14FN.C2H2O4/c12-11-6-2-1-5-10(11)9-13-7-3-4-8-13;3-1(4)2(5)6/h1-2,5-6H,3-4,7-9H2;(H,3,4)(H,5,6). The number of carboxylic acid groups (broad SMARTS) is 2. The molecule has 1 heterocycles. The van der Waals surface area contributed by atoms with Crippen molar-refractivity contribution in [3.05, 3.63) is 35.6 Å². The van der Waals surface area contributed by atoms with Crippen molar-refractivity contribution in [3.63, 3.8) is 0 Å². The molecule has 5 nitrogen and oxygen atoms in total. The van der Waals surface area contributed by atoms with Gasteiger partial charge in [0.15, 0.2) is 0 Å². The van der Waals surface area contributed by atoms with Crippen molar-refractivity contribution >= 4 is 11.9 Å². The first-order chi connectivity index (χ1) is 9.00. The van der Waals surface area contributed by atoms with Gasteiger partial charge in [-0.1, -0.05) is 18.2 Å². The van der Waals surface area contributed by atoms with Gasteiger partial charge in [0, 0.05) is 12.1 Å². The monoisotopic (exact) mass is 269 g/mol. The zero-order valence-electron chi connectivity index (χ0n) is 10.4. The lowest BCUT2D eigenvalue weighted by molar-refractivity contribution is -0.159. The Kier molecular flexibility index (Phi) is 5.95. The maximum atomic E-state index is 13.2. The van der Waals surface area contributed by atoms with Gasteiger partial charge in [0.05, 0.1) is 0 Å². The van der Waals surface area contributed by atoms with Crippen LogP contribution in [0.3, 0.4) is 0 Å². The Morgan fingerprint density at radius 2 is 1.63 bits per heavy atom. The number of rotatable bonds is 2. The first-order valence-electron chi connectivity index (χ1n) is 5.92. The van der Waals surface area contributed by atoms with E-state index in [-0.39, 0.29) is 5.82 Å². The number of carboxylic acids is 2. The highest BCUT2D eigenvalue weighted by Crippen LogP contribution is 2.14. The third-order valence-electron chi connectivity index (χ3n) is 2.73. The van der Waals surface area contributed by atoms with E-state index >= 15 is 0 Å². The van der Waals surface area contributed by atoms with Crippen LogP contribution in [0.15, 0.2) is 24.3 Å². The van der Waals surface area contributed by atoms with Gasteiger partial charge in [-0.05, 0) is 32.0 Å². The fourth-order valence-corrected chi connectivity index (χ4v) is 1.81. The van der Waals surface area contributed by atoms with Gasteiger partial charge in [0.1, 0.15) is 5.82 Å². The number of likely N-dealkylation sites (tertiary alicyclic amines) is 1. The van der Waals surface area contributed by atoms with Gasteiger partial charge < -0.3 is 10.2 Å². The molecule has 0 atom stereocenters. The molecule has 1 aliphatic rings. The van der Waals surface area contributed by atoms with Crippen molar-refractivity contribution in [3.8, 4) is 0 Å². The third-order valence-corrected chi connectivity index (χ3v) is 2.73. The second kappa shape index (κ2) is 7.48. The first-order valence-corrected chi connectivity index (χ1v) is 5.92. The van der Waals surface area contributed by atoms with Crippen LogP contribution < -0.4 is 0 Å². The molecule has 0 radical (unpaired) electrons. The summed E-state index contributed by atoms with van der Waals surface area (Å²) < 4.78 is 13.2. The average Bonchev–Trinajstić information content (AvgIpc) is 2.86. The fourth-order valence-electron chi connectivity index (χ4n) is 1.81. The molecule has 2 rings (SSSR count). The molecule has 1 aromatic carbocycles. The van der Waals surface area contributed by atoms with Crippen molar-refractivity contribution in [2.45, 2.75) is 19.4 Å². The maximum Gasteiger partial charge on any atom is 0.414 e. The number of benzene rings is 1. The van der Waals surface area contributed by atoms with Crippen LogP contribution in [0.2, 0.25) is 0 Å². The molecule has 1 aliphatic heterocycles. The summed E-state index contributed by atoms with van der Waals surface area (Å²) in [6.45, 7) is 3.01. The Hall–Kier alpha value is -1.95. The predicted molar refractivity (Wildman–Crippen MR) is 66.2 cm³/mol. The molecule has 1 saturated heterocycles. The second-order valence-corrected chi connectivity index (χ2v) is 4.18. The molecule has 1 aromatic rings. The Morgan fingerprint density at radius 3 is 2.11 bits per heavy atom. The summed E-state index contributed by atoms with van der Waals surface area (Å²) in [6.07, 6.45) is 2.52. The number of nitrogens with zero attached hydrogens (tertiary/aromatic N) is 1. The van der Waals surface area contributed by atoms with Crippen LogP contribution in [0.1, 0.15) is 18.4 Å². The molecule has 0 spiro atoms. The van der Waals surface area contributed by atoms with Crippen molar-refractivity contribution in [2.75, 3.05) is 13.1 Å². The first kappa shape index (κ1) is 15.1. The van der Waals surface area contributed by atoms with E-state index in [9.17, 15) is 4.39 Å². The number of carbonyl (C=O) groups is 2. The Labute approximate surface area is 110 Å². The van der Waals surface area contributed by atoms with E-state index in [0.717, 1.165) is 25.2 Å². The fraction of sp³-hybridized carbons (Fsp3) is 0.385. The SMILES string of the molecule is Fc1ccccc1CN1CCCC1.O=C(O)C(=O)O. The highest BCUT2D eigenvalue weighted by atomic mass is 19.1. The Morgan fingerprint density at radius 1 is 1.11 bits per heavy atom. The number of hydrogen-bond acceptors (Lipinski definition) is 3. The topological polar surface area (TPSA) is 77.8 Å². The van der Waals surface area contributed by atoms with Crippen LogP contribution in [0.4, 0.5) is 4.39 Å². The quantitative estimate of drug-likeness (QED) is 0.797. The summed E-state index contributed by atoms with van der Waals surface area (Å²) >= 11 is 0. The minimum Gasteiger partial charge on any atom is -0.473 e. The van der Waals surface area contributed by atoms with Gasteiger partial charge in [-0.15, -0.1) is 0 Å². The highest BCUT2D eigenvalue weighted by Gasteiger charge is 2.13. The van der Waals surface area contributed by atoms with Gasteiger partial charge >= 0.3 is 11.9 Å². The van der Waals surface area contributed by atoms with Gasteiger partial charge in [-0.3, -0.25) is 4.90 Å². The number of hydrogen-bond donors (Lipinski definition) is 2. The number of halogens is 1. The molecule has 0 aromatic heterocycles. The molecule has 6 heteroatoms. The summed E-state index contributed by atoms with van der Waals surface area (Å²) in [5.41, 5.74) is 0.824. The maximum absolute atomic E-state index is 13.2. The van der Waals surface area contributed by atoms with Crippen LogP contribution in [0, 0.1) is 5.82 Å². The minimum atomic E-state index is -1.82. The van der Waals surface area contributed by atoms with Gasteiger partial charge in [0.25, 0.3) is 0 Å². The summed E-state index contributed by atoms with van der Waals surface area (Å²) in [7, 11) is 0. The molecule has 19 heavy (non-hydrogen) atoms. The lowest BCUT2D eigenvalue weighted by atomic mass is 10.2. The smallest absolute Gasteiger partial charge is 0.414 e. The molecular weight excluding hydrogens is 253 g/mol. The van der Waals surface area contributed by atoms with Crippen molar-refractivity contribution in [1.29, 1.82) is 0 Å². The molecule has 0 aliphatic carbocycles. The Bertz CT molecular complexity index is 432. The van der Waals surface area contributed by atoms with Crippen LogP contribution in [-0.4, -0.2) is 40.1 Å². The van der Waals surface area contributed by atoms with E-state index in [4.69, 9.17) is 19.8 Å². The van der Waals surface area contributed by atoms with E-state index in [1.165, 1.54) is 18.9 Å². The molecule has 1 fully saturated rings. The van der Waals surface area contributed by atoms with Crippen molar-refractivity contribution in [1.82, 2.24) is 4.90 Å². The van der Waals surface area contributed by atoms with E-state index in [1.807, 2.05) is 12.1 Å². The van der Waals surface area contributed by atoms with Crippen molar-refractivity contribution in [2.24, 2.45) is 0 Å². The minimum absolute atomic E-state index is 0.0746. The predicted octanol–water partition coefficient (Wildman–Crippen LogP) is 1.58. The summed E-state index contributed by atoms with van der Waals surface area (Å²) in [6, 6.07) is 7.04.